The number of rotatable bonds is 6. The molecule has 0 aliphatic carbocycles. The second kappa shape index (κ2) is 6.75. The summed E-state index contributed by atoms with van der Waals surface area (Å²) in [5.74, 6) is 0.680. The van der Waals surface area contributed by atoms with Crippen LogP contribution in [0.2, 0.25) is 0 Å². The Balaban J connectivity index is 1.74. The fourth-order valence-electron chi connectivity index (χ4n) is 1.88. The predicted octanol–water partition coefficient (Wildman–Crippen LogP) is 2.02. The van der Waals surface area contributed by atoms with E-state index >= 15 is 0 Å². The van der Waals surface area contributed by atoms with E-state index in [1.54, 1.807) is 31.4 Å². The van der Waals surface area contributed by atoms with Gasteiger partial charge in [-0.25, -0.2) is 0 Å². The number of methoxy groups -OCH3 is 1. The molecule has 20 heavy (non-hydrogen) atoms. The fourth-order valence-corrected chi connectivity index (χ4v) is 1.88. The van der Waals surface area contributed by atoms with Crippen molar-refractivity contribution in [1.29, 1.82) is 0 Å². The average Bonchev–Trinajstić information content (AvgIpc) is 2.89. The molecule has 0 atom stereocenters. The molecule has 0 radical (unpaired) electrons. The van der Waals surface area contributed by atoms with Crippen LogP contribution in [0.5, 0.6) is 5.75 Å². The number of amides is 1. The van der Waals surface area contributed by atoms with E-state index < -0.39 is 0 Å². The molecule has 5 nitrogen and oxygen atoms in total. The van der Waals surface area contributed by atoms with Crippen molar-refractivity contribution >= 4 is 5.91 Å². The van der Waals surface area contributed by atoms with Crippen LogP contribution < -0.4 is 10.1 Å². The molecule has 1 N–H and O–H groups in total. The summed E-state index contributed by atoms with van der Waals surface area (Å²) in [6.45, 7) is 3.39. The van der Waals surface area contributed by atoms with Gasteiger partial charge in [0.2, 0.25) is 0 Å². The molecule has 1 heterocycles. The van der Waals surface area contributed by atoms with E-state index in [4.69, 9.17) is 4.74 Å². The van der Waals surface area contributed by atoms with Crippen molar-refractivity contribution in [2.24, 2.45) is 0 Å². The van der Waals surface area contributed by atoms with Gasteiger partial charge in [0.1, 0.15) is 5.75 Å². The quantitative estimate of drug-likeness (QED) is 0.819. The number of hydrogen-bond donors (Lipinski definition) is 1. The lowest BCUT2D eigenvalue weighted by molar-refractivity contribution is 0.0952. The Bertz CT molecular complexity index is 561. The monoisotopic (exact) mass is 273 g/mol. The van der Waals surface area contributed by atoms with E-state index in [9.17, 15) is 4.79 Å². The lowest BCUT2D eigenvalue weighted by atomic mass is 10.2. The Morgan fingerprint density at radius 3 is 2.65 bits per heavy atom. The molecule has 0 bridgehead atoms. The topological polar surface area (TPSA) is 56.1 Å². The minimum absolute atomic E-state index is 0.0655. The number of benzene rings is 1. The van der Waals surface area contributed by atoms with Gasteiger partial charge in [0.25, 0.3) is 5.91 Å². The van der Waals surface area contributed by atoms with E-state index in [1.807, 2.05) is 23.9 Å². The van der Waals surface area contributed by atoms with E-state index in [0.29, 0.717) is 12.1 Å². The van der Waals surface area contributed by atoms with Crippen molar-refractivity contribution in [3.05, 3.63) is 47.8 Å². The van der Waals surface area contributed by atoms with Crippen LogP contribution >= 0.6 is 0 Å². The first-order chi connectivity index (χ1) is 9.69. The predicted molar refractivity (Wildman–Crippen MR) is 76.9 cm³/mol. The molecule has 2 aromatic rings. The smallest absolute Gasteiger partial charge is 0.251 e. The van der Waals surface area contributed by atoms with Crippen molar-refractivity contribution in [3.63, 3.8) is 0 Å². The summed E-state index contributed by atoms with van der Waals surface area (Å²) < 4.78 is 6.94. The molecule has 0 unspecified atom stereocenters. The number of carbonyl (C=O) groups is 1. The zero-order chi connectivity index (χ0) is 14.4. The standard InChI is InChI=1S/C15H19N3O2/c1-12-8-11-18(17-12)10-3-9-16-15(19)13-4-6-14(20-2)7-5-13/h4-8,11H,3,9-10H2,1-2H3,(H,16,19). The summed E-state index contributed by atoms with van der Waals surface area (Å²) >= 11 is 0. The van der Waals surface area contributed by atoms with Crippen molar-refractivity contribution in [2.75, 3.05) is 13.7 Å². The molecule has 106 valence electrons. The molecule has 1 aromatic heterocycles. The molecule has 1 aromatic carbocycles. The van der Waals surface area contributed by atoms with Crippen LogP contribution in [0.25, 0.3) is 0 Å². The highest BCUT2D eigenvalue weighted by molar-refractivity contribution is 5.94. The second-order valence-corrected chi connectivity index (χ2v) is 4.56. The Morgan fingerprint density at radius 2 is 2.05 bits per heavy atom. The Hall–Kier alpha value is -2.30. The van der Waals surface area contributed by atoms with E-state index in [2.05, 4.69) is 10.4 Å². The maximum Gasteiger partial charge on any atom is 0.251 e. The van der Waals surface area contributed by atoms with Gasteiger partial charge in [0.15, 0.2) is 0 Å². The lowest BCUT2D eigenvalue weighted by Gasteiger charge is -2.06. The number of nitrogens with one attached hydrogen (secondary N) is 1. The SMILES string of the molecule is COc1ccc(C(=O)NCCCn2ccc(C)n2)cc1. The van der Waals surface area contributed by atoms with Gasteiger partial charge in [0, 0.05) is 24.8 Å². The highest BCUT2D eigenvalue weighted by Crippen LogP contribution is 2.10. The molecular weight excluding hydrogens is 254 g/mol. The number of aromatic nitrogens is 2. The maximum absolute atomic E-state index is 11.9. The largest absolute Gasteiger partial charge is 0.497 e. The van der Waals surface area contributed by atoms with Crippen LogP contribution in [0.15, 0.2) is 36.5 Å². The highest BCUT2D eigenvalue weighted by Gasteiger charge is 2.04. The van der Waals surface area contributed by atoms with E-state index in [1.165, 1.54) is 0 Å². The number of ether oxygens (including phenoxy) is 1. The third kappa shape index (κ3) is 3.85. The fraction of sp³-hybridized carbons (Fsp3) is 0.333. The summed E-state index contributed by atoms with van der Waals surface area (Å²) in [6.07, 6.45) is 2.80. The molecule has 0 saturated carbocycles. The second-order valence-electron chi connectivity index (χ2n) is 4.56. The third-order valence-corrected chi connectivity index (χ3v) is 2.98. The van der Waals surface area contributed by atoms with Crippen molar-refractivity contribution in [3.8, 4) is 5.75 Å². The lowest BCUT2D eigenvalue weighted by Crippen LogP contribution is -2.25. The van der Waals surface area contributed by atoms with Gasteiger partial charge in [0.05, 0.1) is 12.8 Å². The third-order valence-electron chi connectivity index (χ3n) is 2.98. The molecular formula is C15H19N3O2. The summed E-state index contributed by atoms with van der Waals surface area (Å²) in [4.78, 5) is 11.9. The zero-order valence-corrected chi connectivity index (χ0v) is 11.8. The first-order valence-corrected chi connectivity index (χ1v) is 6.61. The van der Waals surface area contributed by atoms with Gasteiger partial charge in [-0.15, -0.1) is 0 Å². The number of hydrogen-bond acceptors (Lipinski definition) is 3. The van der Waals surface area contributed by atoms with Crippen LogP contribution in [-0.4, -0.2) is 29.3 Å². The molecule has 0 spiro atoms. The van der Waals surface area contributed by atoms with Gasteiger partial charge in [-0.1, -0.05) is 0 Å². The highest BCUT2D eigenvalue weighted by atomic mass is 16.5. The minimum atomic E-state index is -0.0655. The molecule has 0 saturated heterocycles. The van der Waals surface area contributed by atoms with Crippen molar-refractivity contribution in [1.82, 2.24) is 15.1 Å². The zero-order valence-electron chi connectivity index (χ0n) is 11.8. The van der Waals surface area contributed by atoms with Gasteiger partial charge in [-0.2, -0.15) is 5.10 Å². The number of nitrogens with zero attached hydrogens (tertiary/aromatic N) is 2. The van der Waals surface area contributed by atoms with Crippen LogP contribution in [0, 0.1) is 6.92 Å². The summed E-state index contributed by atoms with van der Waals surface area (Å²) in [5.41, 5.74) is 1.65. The number of carbonyl (C=O) groups excluding carboxylic acids is 1. The normalized spacial score (nSPS) is 10.3. The molecule has 2 rings (SSSR count). The Morgan fingerprint density at radius 1 is 1.30 bits per heavy atom. The average molecular weight is 273 g/mol. The molecule has 1 amide bonds. The molecule has 0 fully saturated rings. The minimum Gasteiger partial charge on any atom is -0.497 e. The van der Waals surface area contributed by atoms with Gasteiger partial charge < -0.3 is 10.1 Å². The Labute approximate surface area is 118 Å². The van der Waals surface area contributed by atoms with Crippen molar-refractivity contribution in [2.45, 2.75) is 19.9 Å². The molecule has 5 heteroatoms. The number of aryl methyl sites for hydroxylation is 2. The van der Waals surface area contributed by atoms with Crippen LogP contribution in [0.4, 0.5) is 0 Å². The van der Waals surface area contributed by atoms with Gasteiger partial charge in [-0.3, -0.25) is 9.48 Å². The summed E-state index contributed by atoms with van der Waals surface area (Å²) in [7, 11) is 1.60. The maximum atomic E-state index is 11.9. The van der Waals surface area contributed by atoms with E-state index in [0.717, 1.165) is 24.4 Å². The summed E-state index contributed by atoms with van der Waals surface area (Å²) in [6, 6.07) is 9.04. The van der Waals surface area contributed by atoms with Gasteiger partial charge in [-0.05, 0) is 43.7 Å². The molecule has 0 aliphatic heterocycles. The molecule has 0 aliphatic rings. The van der Waals surface area contributed by atoms with Gasteiger partial charge >= 0.3 is 0 Å². The first kappa shape index (κ1) is 14.1. The Kier molecular flexibility index (Phi) is 4.76. The van der Waals surface area contributed by atoms with Crippen LogP contribution in [0.1, 0.15) is 22.5 Å². The van der Waals surface area contributed by atoms with Crippen molar-refractivity contribution < 1.29 is 9.53 Å². The summed E-state index contributed by atoms with van der Waals surface area (Å²) in [5, 5.41) is 7.19. The van der Waals surface area contributed by atoms with Crippen LogP contribution in [-0.2, 0) is 6.54 Å². The van der Waals surface area contributed by atoms with Crippen LogP contribution in [0.3, 0.4) is 0 Å². The first-order valence-electron chi connectivity index (χ1n) is 6.61. The van der Waals surface area contributed by atoms with E-state index in [-0.39, 0.29) is 5.91 Å².